The molecule has 2 fully saturated rings. The van der Waals surface area contributed by atoms with Gasteiger partial charge in [0.2, 0.25) is 0 Å². The fraction of sp³-hybridized carbons (Fsp3) is 0.250. The van der Waals surface area contributed by atoms with Gasteiger partial charge in [0.25, 0.3) is 5.91 Å². The summed E-state index contributed by atoms with van der Waals surface area (Å²) < 4.78 is 0. The zero-order chi connectivity index (χ0) is 20.1. The first kappa shape index (κ1) is 18.8. The highest BCUT2D eigenvalue weighted by molar-refractivity contribution is 6.35. The van der Waals surface area contributed by atoms with Crippen LogP contribution in [-0.2, 0) is 4.79 Å². The molecule has 2 aromatic rings. The van der Waals surface area contributed by atoms with Gasteiger partial charge in [-0.05, 0) is 48.7 Å². The Morgan fingerprint density at radius 3 is 2.36 bits per heavy atom. The van der Waals surface area contributed by atoms with Crippen LogP contribution in [0.4, 0.5) is 10.5 Å². The summed E-state index contributed by atoms with van der Waals surface area (Å²) in [5, 5.41) is 20.7. The molecule has 1 N–H and O–H groups in total. The van der Waals surface area contributed by atoms with Crippen LogP contribution in [0.5, 0.6) is 0 Å². The molecule has 0 aromatic heterocycles. The normalized spacial score (nSPS) is 22.4. The second kappa shape index (κ2) is 6.78. The molecule has 0 saturated carbocycles. The number of halogens is 2. The van der Waals surface area contributed by atoms with Gasteiger partial charge in [0.15, 0.2) is 5.54 Å². The molecule has 2 saturated heterocycles. The zero-order valence-electron chi connectivity index (χ0n) is 14.6. The third-order valence-electron chi connectivity index (χ3n) is 5.33. The van der Waals surface area contributed by atoms with E-state index in [0.717, 1.165) is 4.90 Å². The highest BCUT2D eigenvalue weighted by atomic mass is 35.5. The molecule has 28 heavy (non-hydrogen) atoms. The number of nitriles is 1. The van der Waals surface area contributed by atoms with E-state index in [1.54, 1.807) is 24.3 Å². The monoisotopic (exact) mass is 415 g/mol. The first-order chi connectivity index (χ1) is 13.4. The number of hydrogen-bond acceptors (Lipinski definition) is 4. The highest BCUT2D eigenvalue weighted by Crippen LogP contribution is 2.47. The van der Waals surface area contributed by atoms with Gasteiger partial charge in [0.05, 0.1) is 17.3 Å². The molecule has 2 aliphatic heterocycles. The Morgan fingerprint density at radius 2 is 1.75 bits per heavy atom. The Hall–Kier alpha value is -2.59. The van der Waals surface area contributed by atoms with Gasteiger partial charge in [-0.15, -0.1) is 0 Å². The van der Waals surface area contributed by atoms with Gasteiger partial charge in [-0.25, -0.2) is 9.69 Å². The van der Waals surface area contributed by atoms with Crippen LogP contribution in [0.25, 0.3) is 0 Å². The standard InChI is InChI=1S/C20H15Cl2N3O3/c21-14-8-15(22)10-16(9-14)25-18(27)20(6-1-7-24(20)19(25)28)17(26)13-4-2-12(11-23)3-5-13/h2-5,8-10,17,26H,1,6-7H2. The van der Waals surface area contributed by atoms with E-state index in [9.17, 15) is 14.7 Å². The van der Waals surface area contributed by atoms with Crippen LogP contribution in [0, 0.1) is 11.3 Å². The number of nitrogens with zero attached hydrogens (tertiary/aromatic N) is 3. The second-order valence-corrected chi connectivity index (χ2v) is 7.74. The van der Waals surface area contributed by atoms with Crippen molar-refractivity contribution in [3.63, 3.8) is 0 Å². The molecule has 2 atom stereocenters. The number of benzene rings is 2. The van der Waals surface area contributed by atoms with Gasteiger partial charge in [-0.2, -0.15) is 5.26 Å². The molecular formula is C20H15Cl2N3O3. The van der Waals surface area contributed by atoms with Crippen LogP contribution in [0.15, 0.2) is 42.5 Å². The number of fused-ring (bicyclic) bond motifs is 1. The van der Waals surface area contributed by atoms with E-state index in [2.05, 4.69) is 0 Å². The lowest BCUT2D eigenvalue weighted by atomic mass is 9.84. The molecule has 8 heteroatoms. The number of anilines is 1. The van der Waals surface area contributed by atoms with Crippen LogP contribution in [0.3, 0.4) is 0 Å². The van der Waals surface area contributed by atoms with Crippen molar-refractivity contribution in [3.8, 4) is 6.07 Å². The Balaban J connectivity index is 1.78. The molecule has 2 heterocycles. The van der Waals surface area contributed by atoms with Crippen LogP contribution in [-0.4, -0.2) is 34.0 Å². The van der Waals surface area contributed by atoms with E-state index in [1.165, 1.54) is 23.1 Å². The Morgan fingerprint density at radius 1 is 1.11 bits per heavy atom. The minimum Gasteiger partial charge on any atom is -0.385 e. The molecule has 142 valence electrons. The third kappa shape index (κ3) is 2.67. The summed E-state index contributed by atoms with van der Waals surface area (Å²) in [7, 11) is 0. The lowest BCUT2D eigenvalue weighted by Gasteiger charge is -2.33. The van der Waals surface area contributed by atoms with Gasteiger partial charge < -0.3 is 10.0 Å². The summed E-state index contributed by atoms with van der Waals surface area (Å²) in [6.45, 7) is 0.364. The number of aliphatic hydroxyl groups is 1. The highest BCUT2D eigenvalue weighted by Gasteiger charge is 2.63. The average Bonchev–Trinajstić information content (AvgIpc) is 3.20. The van der Waals surface area contributed by atoms with Crippen LogP contribution < -0.4 is 4.90 Å². The molecule has 4 rings (SSSR count). The van der Waals surface area contributed by atoms with Crippen LogP contribution >= 0.6 is 23.2 Å². The number of rotatable bonds is 3. The Kier molecular flexibility index (Phi) is 4.54. The van der Waals surface area contributed by atoms with E-state index in [-0.39, 0.29) is 5.69 Å². The maximum atomic E-state index is 13.4. The molecule has 0 aliphatic carbocycles. The van der Waals surface area contributed by atoms with Crippen molar-refractivity contribution in [1.29, 1.82) is 5.26 Å². The average molecular weight is 416 g/mol. The van der Waals surface area contributed by atoms with E-state index in [0.29, 0.717) is 40.6 Å². The van der Waals surface area contributed by atoms with Crippen molar-refractivity contribution in [3.05, 3.63) is 63.6 Å². The number of carbonyl (C=O) groups excluding carboxylic acids is 2. The summed E-state index contributed by atoms with van der Waals surface area (Å²) in [4.78, 5) is 29.0. The lowest BCUT2D eigenvalue weighted by Crippen LogP contribution is -2.50. The number of imide groups is 1. The summed E-state index contributed by atoms with van der Waals surface area (Å²) >= 11 is 12.1. The molecule has 2 aliphatic rings. The van der Waals surface area contributed by atoms with Crippen molar-refractivity contribution in [2.45, 2.75) is 24.5 Å². The first-order valence-corrected chi connectivity index (χ1v) is 9.44. The third-order valence-corrected chi connectivity index (χ3v) is 5.77. The van der Waals surface area contributed by atoms with Crippen molar-refractivity contribution in [2.75, 3.05) is 11.4 Å². The number of carbonyl (C=O) groups is 2. The van der Waals surface area contributed by atoms with Crippen LogP contribution in [0.1, 0.15) is 30.1 Å². The molecule has 2 unspecified atom stereocenters. The van der Waals surface area contributed by atoms with Gasteiger partial charge >= 0.3 is 6.03 Å². The van der Waals surface area contributed by atoms with E-state index < -0.39 is 23.6 Å². The fourth-order valence-corrected chi connectivity index (χ4v) is 4.56. The number of urea groups is 1. The minimum atomic E-state index is -1.39. The van der Waals surface area contributed by atoms with E-state index in [4.69, 9.17) is 28.5 Å². The molecule has 3 amide bonds. The molecule has 0 bridgehead atoms. The summed E-state index contributed by atoms with van der Waals surface area (Å²) in [5.41, 5.74) is -0.202. The summed E-state index contributed by atoms with van der Waals surface area (Å²) in [5.74, 6) is -0.509. The second-order valence-electron chi connectivity index (χ2n) is 6.87. The van der Waals surface area contributed by atoms with Crippen LogP contribution in [0.2, 0.25) is 10.0 Å². The van der Waals surface area contributed by atoms with Crippen molar-refractivity contribution in [1.82, 2.24) is 4.90 Å². The summed E-state index contributed by atoms with van der Waals surface area (Å²) in [6.07, 6.45) is -0.280. The number of hydrogen-bond donors (Lipinski definition) is 1. The van der Waals surface area contributed by atoms with Crippen molar-refractivity contribution < 1.29 is 14.7 Å². The maximum absolute atomic E-state index is 13.4. The van der Waals surface area contributed by atoms with Crippen molar-refractivity contribution in [2.24, 2.45) is 0 Å². The zero-order valence-corrected chi connectivity index (χ0v) is 16.1. The number of aliphatic hydroxyl groups excluding tert-OH is 1. The smallest absolute Gasteiger partial charge is 0.332 e. The van der Waals surface area contributed by atoms with Gasteiger partial charge in [0.1, 0.15) is 6.10 Å². The van der Waals surface area contributed by atoms with Gasteiger partial charge in [-0.3, -0.25) is 4.79 Å². The number of amides is 3. The molecular weight excluding hydrogens is 401 g/mol. The molecule has 2 aromatic carbocycles. The predicted octanol–water partition coefficient (Wildman–Crippen LogP) is 3.90. The SMILES string of the molecule is N#Cc1ccc(C(O)C23CCCN2C(=O)N(c2cc(Cl)cc(Cl)c2)C3=O)cc1. The predicted molar refractivity (Wildman–Crippen MR) is 104 cm³/mol. The van der Waals surface area contributed by atoms with E-state index >= 15 is 0 Å². The van der Waals surface area contributed by atoms with Crippen molar-refractivity contribution >= 4 is 40.8 Å². The Labute approximate surface area is 171 Å². The maximum Gasteiger partial charge on any atom is 0.332 e. The topological polar surface area (TPSA) is 84.6 Å². The largest absolute Gasteiger partial charge is 0.385 e. The molecule has 6 nitrogen and oxygen atoms in total. The first-order valence-electron chi connectivity index (χ1n) is 8.69. The Bertz CT molecular complexity index is 998. The molecule has 0 spiro atoms. The van der Waals surface area contributed by atoms with Gasteiger partial charge in [0, 0.05) is 16.6 Å². The van der Waals surface area contributed by atoms with E-state index in [1.807, 2.05) is 6.07 Å². The minimum absolute atomic E-state index is 0.272. The molecule has 0 radical (unpaired) electrons. The lowest BCUT2D eigenvalue weighted by molar-refractivity contribution is -0.129. The van der Waals surface area contributed by atoms with Gasteiger partial charge in [-0.1, -0.05) is 35.3 Å². The fourth-order valence-electron chi connectivity index (χ4n) is 4.04. The quantitative estimate of drug-likeness (QED) is 0.770. The summed E-state index contributed by atoms with van der Waals surface area (Å²) in [6, 6.07) is 12.4.